The Kier molecular flexibility index (Phi) is 4.08. The zero-order chi connectivity index (χ0) is 16.6. The molecule has 2 N–H and O–H groups in total. The van der Waals surface area contributed by atoms with E-state index in [1.807, 2.05) is 6.92 Å². The lowest BCUT2D eigenvalue weighted by Crippen LogP contribution is -2.32. The summed E-state index contributed by atoms with van der Waals surface area (Å²) in [4.78, 5) is 28.7. The van der Waals surface area contributed by atoms with Gasteiger partial charge in [-0.1, -0.05) is 6.07 Å². The van der Waals surface area contributed by atoms with Crippen LogP contribution in [0.2, 0.25) is 0 Å². The first-order valence-corrected chi connectivity index (χ1v) is 7.80. The van der Waals surface area contributed by atoms with Gasteiger partial charge in [-0.05, 0) is 19.1 Å². The van der Waals surface area contributed by atoms with Crippen LogP contribution in [-0.2, 0) is 9.59 Å². The highest BCUT2D eigenvalue weighted by molar-refractivity contribution is 7.09. The van der Waals surface area contributed by atoms with Crippen molar-refractivity contribution in [3.63, 3.8) is 0 Å². The van der Waals surface area contributed by atoms with Gasteiger partial charge in [-0.3, -0.25) is 9.59 Å². The summed E-state index contributed by atoms with van der Waals surface area (Å²) < 4.78 is 26.9. The van der Waals surface area contributed by atoms with E-state index in [2.05, 4.69) is 15.6 Å². The number of carbonyl (C=O) groups excluding carboxylic acids is 2. The molecule has 1 aromatic heterocycles. The van der Waals surface area contributed by atoms with Gasteiger partial charge in [0.05, 0.1) is 16.4 Å². The molecule has 2 aromatic rings. The second-order valence-corrected chi connectivity index (χ2v) is 6.27. The molecular formula is C15H13F2N3O2S. The molecule has 0 radical (unpaired) electrons. The Morgan fingerprint density at radius 2 is 2.22 bits per heavy atom. The third-order valence-electron chi connectivity index (χ3n) is 3.69. The monoisotopic (exact) mass is 337 g/mol. The Hall–Kier alpha value is -2.35. The van der Waals surface area contributed by atoms with Crippen LogP contribution in [0.15, 0.2) is 23.6 Å². The molecule has 1 aliphatic rings. The van der Waals surface area contributed by atoms with Crippen LogP contribution in [0.4, 0.5) is 14.5 Å². The van der Waals surface area contributed by atoms with Gasteiger partial charge in [-0.2, -0.15) is 0 Å². The summed E-state index contributed by atoms with van der Waals surface area (Å²) in [5.41, 5.74) is 0.355. The van der Waals surface area contributed by atoms with Crippen LogP contribution in [0.3, 0.4) is 0 Å². The Morgan fingerprint density at radius 1 is 1.43 bits per heavy atom. The first kappa shape index (κ1) is 15.5. The smallest absolute Gasteiger partial charge is 0.237 e. The Balaban J connectivity index is 1.84. The van der Waals surface area contributed by atoms with E-state index in [1.165, 1.54) is 23.5 Å². The molecule has 1 aromatic carbocycles. The van der Waals surface area contributed by atoms with E-state index in [-0.39, 0.29) is 12.2 Å². The molecule has 1 saturated heterocycles. The van der Waals surface area contributed by atoms with Gasteiger partial charge in [0.2, 0.25) is 11.8 Å². The highest BCUT2D eigenvalue weighted by atomic mass is 32.1. The van der Waals surface area contributed by atoms with Crippen molar-refractivity contribution in [1.82, 2.24) is 10.3 Å². The average Bonchev–Trinajstić information content (AvgIpc) is 3.09. The number of anilines is 1. The number of amides is 2. The summed E-state index contributed by atoms with van der Waals surface area (Å²) in [7, 11) is 0. The molecule has 0 saturated carbocycles. The van der Waals surface area contributed by atoms with Gasteiger partial charge in [-0.15, -0.1) is 11.3 Å². The molecule has 2 amide bonds. The van der Waals surface area contributed by atoms with Crippen LogP contribution in [0.5, 0.6) is 0 Å². The number of nitrogens with one attached hydrogen (secondary N) is 2. The average molecular weight is 337 g/mol. The topological polar surface area (TPSA) is 71.1 Å². The number of rotatable bonds is 3. The van der Waals surface area contributed by atoms with Gasteiger partial charge in [0.15, 0.2) is 11.6 Å². The molecule has 23 heavy (non-hydrogen) atoms. The minimum atomic E-state index is -1.15. The van der Waals surface area contributed by atoms with E-state index in [9.17, 15) is 18.4 Å². The second-order valence-electron chi connectivity index (χ2n) is 5.21. The molecule has 2 atom stereocenters. The van der Waals surface area contributed by atoms with Gasteiger partial charge >= 0.3 is 0 Å². The maximum atomic E-state index is 13.7. The van der Waals surface area contributed by atoms with Crippen LogP contribution >= 0.6 is 11.3 Å². The normalized spacial score (nSPS) is 20.4. The second kappa shape index (κ2) is 6.04. The number of hydrogen-bond donors (Lipinski definition) is 2. The predicted molar refractivity (Wildman–Crippen MR) is 81.1 cm³/mol. The quantitative estimate of drug-likeness (QED) is 0.844. The van der Waals surface area contributed by atoms with Gasteiger partial charge in [0.1, 0.15) is 5.92 Å². The van der Waals surface area contributed by atoms with Crippen molar-refractivity contribution in [3.05, 3.63) is 45.9 Å². The zero-order valence-corrected chi connectivity index (χ0v) is 12.9. The minimum absolute atomic E-state index is 0.283. The maximum absolute atomic E-state index is 13.7. The number of halogens is 2. The van der Waals surface area contributed by atoms with Crippen molar-refractivity contribution in [2.24, 2.45) is 5.92 Å². The molecular weight excluding hydrogens is 324 g/mol. The van der Waals surface area contributed by atoms with Crippen molar-refractivity contribution < 1.29 is 18.4 Å². The summed E-state index contributed by atoms with van der Waals surface area (Å²) in [6.07, 6.45) is 0. The van der Waals surface area contributed by atoms with E-state index < -0.39 is 35.3 Å². The first-order valence-electron chi connectivity index (χ1n) is 6.92. The number of nitrogens with zero attached hydrogens (tertiary/aromatic N) is 1. The molecule has 2 heterocycles. The molecule has 0 unspecified atom stereocenters. The molecule has 120 valence electrons. The molecule has 0 bridgehead atoms. The Labute approximate surface area is 134 Å². The molecule has 1 aliphatic heterocycles. The number of aryl methyl sites for hydroxylation is 1. The molecule has 0 aliphatic carbocycles. The third-order valence-corrected chi connectivity index (χ3v) is 4.48. The van der Waals surface area contributed by atoms with E-state index >= 15 is 0 Å². The van der Waals surface area contributed by atoms with Crippen LogP contribution < -0.4 is 10.6 Å². The number of thiazole rings is 1. The summed E-state index contributed by atoms with van der Waals surface area (Å²) in [6.45, 7) is 2.11. The third kappa shape index (κ3) is 2.94. The highest BCUT2D eigenvalue weighted by Gasteiger charge is 2.42. The largest absolute Gasteiger partial charge is 0.355 e. The molecule has 0 spiro atoms. The lowest BCUT2D eigenvalue weighted by atomic mass is 9.92. The van der Waals surface area contributed by atoms with Crippen LogP contribution in [0.1, 0.15) is 16.6 Å². The Bertz CT molecular complexity index is 778. The van der Waals surface area contributed by atoms with Crippen molar-refractivity contribution in [2.45, 2.75) is 12.8 Å². The molecule has 3 rings (SSSR count). The fourth-order valence-corrected chi connectivity index (χ4v) is 3.24. The maximum Gasteiger partial charge on any atom is 0.237 e. The summed E-state index contributed by atoms with van der Waals surface area (Å²) >= 11 is 1.42. The SMILES string of the molecule is Cc1nc([C@H]2CNC(=O)[C@@H]2C(=O)Nc2cccc(F)c2F)cs1. The van der Waals surface area contributed by atoms with E-state index in [4.69, 9.17) is 0 Å². The molecule has 5 nitrogen and oxygen atoms in total. The summed E-state index contributed by atoms with van der Waals surface area (Å²) in [5, 5.41) is 7.53. The predicted octanol–water partition coefficient (Wildman–Crippen LogP) is 2.20. The molecule has 8 heteroatoms. The van der Waals surface area contributed by atoms with Gasteiger partial charge in [0.25, 0.3) is 0 Å². The highest BCUT2D eigenvalue weighted by Crippen LogP contribution is 2.31. The van der Waals surface area contributed by atoms with Crippen LogP contribution in [0.25, 0.3) is 0 Å². The van der Waals surface area contributed by atoms with E-state index in [1.54, 1.807) is 5.38 Å². The van der Waals surface area contributed by atoms with Crippen molar-refractivity contribution >= 4 is 28.8 Å². The van der Waals surface area contributed by atoms with Gasteiger partial charge in [-0.25, -0.2) is 13.8 Å². The molecule has 1 fully saturated rings. The lowest BCUT2D eigenvalue weighted by molar-refractivity contribution is -0.130. The number of aromatic nitrogens is 1. The van der Waals surface area contributed by atoms with Gasteiger partial charge < -0.3 is 10.6 Å². The van der Waals surface area contributed by atoms with E-state index in [0.29, 0.717) is 5.69 Å². The van der Waals surface area contributed by atoms with Crippen molar-refractivity contribution in [2.75, 3.05) is 11.9 Å². The zero-order valence-electron chi connectivity index (χ0n) is 12.1. The lowest BCUT2D eigenvalue weighted by Gasteiger charge is -2.15. The Morgan fingerprint density at radius 3 is 2.91 bits per heavy atom. The first-order chi connectivity index (χ1) is 11.0. The fraction of sp³-hybridized carbons (Fsp3) is 0.267. The van der Waals surface area contributed by atoms with Gasteiger partial charge in [0, 0.05) is 17.8 Å². The number of hydrogen-bond acceptors (Lipinski definition) is 4. The van der Waals surface area contributed by atoms with Crippen molar-refractivity contribution in [1.29, 1.82) is 0 Å². The van der Waals surface area contributed by atoms with Crippen molar-refractivity contribution in [3.8, 4) is 0 Å². The van der Waals surface area contributed by atoms with E-state index in [0.717, 1.165) is 11.1 Å². The standard InChI is InChI=1S/C15H13F2N3O2S/c1-7-19-11(6-23-7)8-5-18-14(21)12(8)15(22)20-10-4-2-3-9(16)13(10)17/h2-4,6,8,12H,5H2,1H3,(H,18,21)(H,20,22)/t8-,12-/m1/s1. The summed E-state index contributed by atoms with van der Waals surface area (Å²) in [5.74, 6) is -4.80. The van der Waals surface area contributed by atoms with Crippen LogP contribution in [0, 0.1) is 24.5 Å². The number of carbonyl (C=O) groups is 2. The van der Waals surface area contributed by atoms with Crippen LogP contribution in [-0.4, -0.2) is 23.3 Å². The minimum Gasteiger partial charge on any atom is -0.355 e. The summed E-state index contributed by atoms with van der Waals surface area (Å²) in [6, 6.07) is 3.48. The fourth-order valence-electron chi connectivity index (χ4n) is 2.56. The number of benzene rings is 1.